The van der Waals surface area contributed by atoms with Crippen molar-refractivity contribution in [2.24, 2.45) is 0 Å². The fraction of sp³-hybridized carbons (Fsp3) is 0.111. The van der Waals surface area contributed by atoms with Crippen LogP contribution in [0.3, 0.4) is 0 Å². The second kappa shape index (κ2) is 4.04. The van der Waals surface area contributed by atoms with E-state index in [9.17, 15) is 4.79 Å². The molecule has 4 nitrogen and oxygen atoms in total. The smallest absolute Gasteiger partial charge is 0.293 e. The first-order chi connectivity index (χ1) is 7.15. The molecule has 15 heavy (non-hydrogen) atoms. The van der Waals surface area contributed by atoms with Crippen LogP contribution in [0.25, 0.3) is 0 Å². The van der Waals surface area contributed by atoms with Gasteiger partial charge in [-0.05, 0) is 30.7 Å². The van der Waals surface area contributed by atoms with Gasteiger partial charge in [-0.3, -0.25) is 10.1 Å². The quantitative estimate of drug-likeness (QED) is 0.881. The van der Waals surface area contributed by atoms with Crippen molar-refractivity contribution >= 4 is 34.0 Å². The lowest BCUT2D eigenvalue weighted by molar-refractivity contribution is 0.0997. The maximum Gasteiger partial charge on any atom is 0.293 e. The highest BCUT2D eigenvalue weighted by molar-refractivity contribution is 7.15. The Bertz CT molecular complexity index is 492. The number of rotatable bonds is 2. The average Bonchev–Trinajstić information content (AvgIpc) is 2.75. The topological polar surface area (TPSA) is 55.1 Å². The lowest BCUT2D eigenvalue weighted by Crippen LogP contribution is -2.10. The minimum Gasteiger partial charge on any atom is -0.440 e. The van der Waals surface area contributed by atoms with Gasteiger partial charge >= 0.3 is 0 Å². The number of anilines is 1. The molecule has 1 N–H and O–H groups in total. The molecule has 0 aromatic carbocycles. The number of carbonyl (C=O) groups is 1. The Labute approximate surface area is 94.9 Å². The van der Waals surface area contributed by atoms with Gasteiger partial charge in [0.2, 0.25) is 0 Å². The molecule has 0 saturated heterocycles. The van der Waals surface area contributed by atoms with E-state index >= 15 is 0 Å². The molecular weight excluding hydrogens is 236 g/mol. The number of halogens is 1. The standard InChI is InChI=1S/C9H7ClN2O2S/c1-5-4-11-9(15-5)12-8(13)6-2-3-7(10)14-6/h2-4H,1H3,(H,11,12,13). The Morgan fingerprint density at radius 2 is 2.40 bits per heavy atom. The molecule has 2 aromatic heterocycles. The molecule has 0 radical (unpaired) electrons. The van der Waals surface area contributed by atoms with E-state index in [1.807, 2.05) is 6.92 Å². The Balaban J connectivity index is 2.10. The van der Waals surface area contributed by atoms with Gasteiger partial charge in [0.25, 0.3) is 5.91 Å². The zero-order valence-corrected chi connectivity index (χ0v) is 9.35. The molecule has 1 amide bonds. The number of nitrogens with zero attached hydrogens (tertiary/aromatic N) is 1. The minimum atomic E-state index is -0.351. The number of furan rings is 1. The fourth-order valence-corrected chi connectivity index (χ4v) is 1.81. The first kappa shape index (κ1) is 10.2. The summed E-state index contributed by atoms with van der Waals surface area (Å²) < 4.78 is 4.95. The van der Waals surface area contributed by atoms with Crippen LogP contribution in [0.1, 0.15) is 15.4 Å². The highest BCUT2D eigenvalue weighted by Crippen LogP contribution is 2.19. The van der Waals surface area contributed by atoms with E-state index < -0.39 is 0 Å². The summed E-state index contributed by atoms with van der Waals surface area (Å²) in [5, 5.41) is 3.35. The van der Waals surface area contributed by atoms with E-state index in [0.717, 1.165) is 4.88 Å². The molecule has 2 rings (SSSR count). The third-order valence-electron chi connectivity index (χ3n) is 1.64. The van der Waals surface area contributed by atoms with E-state index in [2.05, 4.69) is 10.3 Å². The number of thiazole rings is 1. The van der Waals surface area contributed by atoms with E-state index in [4.69, 9.17) is 16.0 Å². The molecule has 78 valence electrons. The predicted molar refractivity (Wildman–Crippen MR) is 58.5 cm³/mol. The molecule has 2 aromatic rings. The predicted octanol–water partition coefficient (Wildman–Crippen LogP) is 2.95. The zero-order chi connectivity index (χ0) is 10.8. The number of carbonyl (C=O) groups excluding carboxylic acids is 1. The Morgan fingerprint density at radius 3 is 2.93 bits per heavy atom. The summed E-state index contributed by atoms with van der Waals surface area (Å²) in [5.41, 5.74) is 0. The molecule has 6 heteroatoms. The van der Waals surface area contributed by atoms with Crippen molar-refractivity contribution in [3.8, 4) is 0 Å². The summed E-state index contributed by atoms with van der Waals surface area (Å²) in [4.78, 5) is 16.6. The van der Waals surface area contributed by atoms with Crippen LogP contribution in [0.5, 0.6) is 0 Å². The normalized spacial score (nSPS) is 10.3. The van der Waals surface area contributed by atoms with Crippen molar-refractivity contribution in [3.63, 3.8) is 0 Å². The highest BCUT2D eigenvalue weighted by atomic mass is 35.5. The first-order valence-electron chi connectivity index (χ1n) is 4.14. The minimum absolute atomic E-state index is 0.174. The summed E-state index contributed by atoms with van der Waals surface area (Å²) in [6.07, 6.45) is 1.69. The van der Waals surface area contributed by atoms with Crippen molar-refractivity contribution in [1.82, 2.24) is 4.98 Å². The number of hydrogen-bond donors (Lipinski definition) is 1. The van der Waals surface area contributed by atoms with Crippen LogP contribution in [0.15, 0.2) is 22.7 Å². The van der Waals surface area contributed by atoms with Gasteiger partial charge in [0.15, 0.2) is 16.1 Å². The van der Waals surface area contributed by atoms with Crippen molar-refractivity contribution in [2.75, 3.05) is 5.32 Å². The Hall–Kier alpha value is -1.33. The van der Waals surface area contributed by atoms with Crippen LogP contribution in [-0.2, 0) is 0 Å². The summed E-state index contributed by atoms with van der Waals surface area (Å²) >= 11 is 6.95. The molecule has 0 unspecified atom stereocenters. The molecular formula is C9H7ClN2O2S. The van der Waals surface area contributed by atoms with Crippen molar-refractivity contribution in [3.05, 3.63) is 34.2 Å². The van der Waals surface area contributed by atoms with E-state index in [1.165, 1.54) is 23.5 Å². The van der Waals surface area contributed by atoms with Gasteiger partial charge in [-0.25, -0.2) is 4.98 Å². The zero-order valence-electron chi connectivity index (χ0n) is 7.78. The first-order valence-corrected chi connectivity index (χ1v) is 5.34. The number of amides is 1. The monoisotopic (exact) mass is 242 g/mol. The molecule has 0 bridgehead atoms. The van der Waals surface area contributed by atoms with Crippen molar-refractivity contribution in [1.29, 1.82) is 0 Å². The fourth-order valence-electron chi connectivity index (χ4n) is 1.01. The van der Waals surface area contributed by atoms with Gasteiger partial charge in [0.1, 0.15) is 0 Å². The van der Waals surface area contributed by atoms with Gasteiger partial charge in [0.05, 0.1) is 0 Å². The molecule has 2 heterocycles. The van der Waals surface area contributed by atoms with E-state index in [0.29, 0.717) is 5.13 Å². The Kier molecular flexibility index (Phi) is 2.75. The van der Waals surface area contributed by atoms with Gasteiger partial charge in [-0.1, -0.05) is 0 Å². The highest BCUT2D eigenvalue weighted by Gasteiger charge is 2.11. The van der Waals surface area contributed by atoms with E-state index in [1.54, 1.807) is 6.20 Å². The van der Waals surface area contributed by atoms with Crippen LogP contribution in [0.4, 0.5) is 5.13 Å². The Morgan fingerprint density at radius 1 is 1.60 bits per heavy atom. The number of nitrogens with one attached hydrogen (secondary N) is 1. The third-order valence-corrected chi connectivity index (χ3v) is 2.67. The average molecular weight is 243 g/mol. The van der Waals surface area contributed by atoms with Gasteiger partial charge < -0.3 is 4.42 Å². The largest absolute Gasteiger partial charge is 0.440 e. The summed E-state index contributed by atoms with van der Waals surface area (Å²) in [6.45, 7) is 1.91. The summed E-state index contributed by atoms with van der Waals surface area (Å²) in [5.74, 6) is -0.177. The van der Waals surface area contributed by atoms with Gasteiger partial charge in [-0.15, -0.1) is 11.3 Å². The molecule has 0 fully saturated rings. The summed E-state index contributed by atoms with van der Waals surface area (Å²) in [7, 11) is 0. The van der Waals surface area contributed by atoms with E-state index in [-0.39, 0.29) is 16.9 Å². The molecule has 0 aliphatic heterocycles. The second-order valence-electron chi connectivity index (χ2n) is 2.83. The maximum atomic E-state index is 11.5. The lowest BCUT2D eigenvalue weighted by atomic mass is 10.4. The molecule has 0 aliphatic rings. The van der Waals surface area contributed by atoms with Crippen LogP contribution >= 0.6 is 22.9 Å². The van der Waals surface area contributed by atoms with Crippen LogP contribution in [0.2, 0.25) is 5.22 Å². The molecule has 0 aliphatic carbocycles. The van der Waals surface area contributed by atoms with Crippen LogP contribution in [-0.4, -0.2) is 10.9 Å². The van der Waals surface area contributed by atoms with Crippen LogP contribution in [0, 0.1) is 6.92 Å². The van der Waals surface area contributed by atoms with Gasteiger partial charge in [0, 0.05) is 11.1 Å². The molecule has 0 atom stereocenters. The van der Waals surface area contributed by atoms with Crippen LogP contribution < -0.4 is 5.32 Å². The SMILES string of the molecule is Cc1cnc(NC(=O)c2ccc(Cl)o2)s1. The summed E-state index contributed by atoms with van der Waals surface area (Å²) in [6, 6.07) is 3.03. The van der Waals surface area contributed by atoms with Gasteiger partial charge in [-0.2, -0.15) is 0 Å². The lowest BCUT2D eigenvalue weighted by Gasteiger charge is -1.96. The molecule has 0 spiro atoms. The second-order valence-corrected chi connectivity index (χ2v) is 4.44. The third kappa shape index (κ3) is 2.37. The number of hydrogen-bond acceptors (Lipinski definition) is 4. The van der Waals surface area contributed by atoms with Crippen molar-refractivity contribution in [2.45, 2.75) is 6.92 Å². The van der Waals surface area contributed by atoms with Crippen molar-refractivity contribution < 1.29 is 9.21 Å². The molecule has 0 saturated carbocycles. The number of aryl methyl sites for hydroxylation is 1. The number of aromatic nitrogens is 1. The maximum absolute atomic E-state index is 11.5.